The largest absolute Gasteiger partial charge is 0.300 e. The molecule has 0 radical (unpaired) electrons. The SMILES string of the molecule is O=C(Cl)CCC1CC(=O)C1. The normalized spacial score (nSPS) is 18.7. The van der Waals surface area contributed by atoms with E-state index in [4.69, 9.17) is 11.6 Å². The zero-order chi connectivity index (χ0) is 7.56. The van der Waals surface area contributed by atoms with Gasteiger partial charge in [0.2, 0.25) is 5.24 Å². The first-order valence-corrected chi connectivity index (χ1v) is 3.76. The lowest BCUT2D eigenvalue weighted by Gasteiger charge is -2.22. The highest BCUT2D eigenvalue weighted by molar-refractivity contribution is 6.63. The molecule has 10 heavy (non-hydrogen) atoms. The Hall–Kier alpha value is -0.370. The van der Waals surface area contributed by atoms with E-state index >= 15 is 0 Å². The van der Waals surface area contributed by atoms with E-state index in [0.717, 1.165) is 6.42 Å². The molecule has 0 aromatic carbocycles. The number of hydrogen-bond donors (Lipinski definition) is 0. The van der Waals surface area contributed by atoms with Crippen molar-refractivity contribution in [2.24, 2.45) is 5.92 Å². The molecule has 56 valence electrons. The van der Waals surface area contributed by atoms with Crippen molar-refractivity contribution in [3.63, 3.8) is 0 Å². The summed E-state index contributed by atoms with van der Waals surface area (Å²) < 4.78 is 0. The van der Waals surface area contributed by atoms with Crippen molar-refractivity contribution < 1.29 is 9.59 Å². The van der Waals surface area contributed by atoms with Gasteiger partial charge in [-0.2, -0.15) is 0 Å². The zero-order valence-electron chi connectivity index (χ0n) is 5.60. The van der Waals surface area contributed by atoms with Crippen LogP contribution >= 0.6 is 11.6 Å². The molecule has 0 aromatic rings. The van der Waals surface area contributed by atoms with Crippen molar-refractivity contribution in [2.75, 3.05) is 0 Å². The first-order chi connectivity index (χ1) is 4.68. The van der Waals surface area contributed by atoms with E-state index in [1.807, 2.05) is 0 Å². The molecule has 3 heteroatoms. The molecule has 0 bridgehead atoms. The van der Waals surface area contributed by atoms with Gasteiger partial charge in [0.15, 0.2) is 0 Å². The number of halogens is 1. The van der Waals surface area contributed by atoms with Crippen LogP contribution in [0.2, 0.25) is 0 Å². The summed E-state index contributed by atoms with van der Waals surface area (Å²) in [6, 6.07) is 0. The van der Waals surface area contributed by atoms with Crippen molar-refractivity contribution in [3.05, 3.63) is 0 Å². The third-order valence-electron chi connectivity index (χ3n) is 1.78. The van der Waals surface area contributed by atoms with Crippen LogP contribution in [0.25, 0.3) is 0 Å². The molecule has 2 nitrogen and oxygen atoms in total. The number of rotatable bonds is 3. The van der Waals surface area contributed by atoms with Gasteiger partial charge in [-0.15, -0.1) is 0 Å². The van der Waals surface area contributed by atoms with Gasteiger partial charge in [0.05, 0.1) is 0 Å². The predicted octanol–water partition coefficient (Wildman–Crippen LogP) is 1.51. The Morgan fingerprint density at radius 3 is 2.60 bits per heavy atom. The van der Waals surface area contributed by atoms with Crippen molar-refractivity contribution in [3.8, 4) is 0 Å². The van der Waals surface area contributed by atoms with Gasteiger partial charge in [0.1, 0.15) is 5.78 Å². The minimum absolute atomic E-state index is 0.292. The van der Waals surface area contributed by atoms with Gasteiger partial charge >= 0.3 is 0 Å². The molecule has 1 fully saturated rings. The van der Waals surface area contributed by atoms with E-state index in [-0.39, 0.29) is 5.24 Å². The van der Waals surface area contributed by atoms with Crippen molar-refractivity contribution >= 4 is 22.6 Å². The number of hydrogen-bond acceptors (Lipinski definition) is 2. The maximum Gasteiger partial charge on any atom is 0.221 e. The third kappa shape index (κ3) is 2.10. The van der Waals surface area contributed by atoms with E-state index in [9.17, 15) is 9.59 Å². The third-order valence-corrected chi connectivity index (χ3v) is 1.97. The van der Waals surface area contributed by atoms with Crippen LogP contribution in [0.15, 0.2) is 0 Å². The zero-order valence-corrected chi connectivity index (χ0v) is 6.36. The predicted molar refractivity (Wildman–Crippen MR) is 37.8 cm³/mol. The standard InChI is InChI=1S/C7H9ClO2/c8-7(10)2-1-5-3-6(9)4-5/h5H,1-4H2. The molecule has 0 aliphatic heterocycles. The fraction of sp³-hybridized carbons (Fsp3) is 0.714. The lowest BCUT2D eigenvalue weighted by Crippen LogP contribution is -2.23. The highest BCUT2D eigenvalue weighted by atomic mass is 35.5. The Kier molecular flexibility index (Phi) is 2.44. The van der Waals surface area contributed by atoms with Crippen LogP contribution in [-0.4, -0.2) is 11.0 Å². The molecular weight excluding hydrogens is 152 g/mol. The van der Waals surface area contributed by atoms with Crippen LogP contribution in [0.5, 0.6) is 0 Å². The van der Waals surface area contributed by atoms with Crippen LogP contribution < -0.4 is 0 Å². The molecule has 1 aliphatic carbocycles. The van der Waals surface area contributed by atoms with Crippen LogP contribution in [0.1, 0.15) is 25.7 Å². The minimum Gasteiger partial charge on any atom is -0.300 e. The molecule has 0 amide bonds. The molecule has 0 spiro atoms. The van der Waals surface area contributed by atoms with Gasteiger partial charge < -0.3 is 0 Å². The Morgan fingerprint density at radius 2 is 2.20 bits per heavy atom. The molecule has 1 rings (SSSR count). The molecular formula is C7H9ClO2. The molecule has 0 aromatic heterocycles. The average molecular weight is 161 g/mol. The lowest BCUT2D eigenvalue weighted by molar-refractivity contribution is -0.127. The summed E-state index contributed by atoms with van der Waals surface area (Å²) in [4.78, 5) is 20.7. The van der Waals surface area contributed by atoms with E-state index in [1.165, 1.54) is 0 Å². The van der Waals surface area contributed by atoms with Gasteiger partial charge in [-0.1, -0.05) is 0 Å². The van der Waals surface area contributed by atoms with E-state index in [1.54, 1.807) is 0 Å². The molecule has 0 unspecified atom stereocenters. The van der Waals surface area contributed by atoms with Gasteiger partial charge in [-0.3, -0.25) is 9.59 Å². The number of ketones is 1. The molecule has 0 heterocycles. The molecule has 0 saturated heterocycles. The van der Waals surface area contributed by atoms with Crippen LogP contribution in [0.3, 0.4) is 0 Å². The highest BCUT2D eigenvalue weighted by Crippen LogP contribution is 2.27. The smallest absolute Gasteiger partial charge is 0.221 e. The quantitative estimate of drug-likeness (QED) is 0.587. The maximum atomic E-state index is 10.4. The van der Waals surface area contributed by atoms with Crippen LogP contribution in [-0.2, 0) is 9.59 Å². The molecule has 1 aliphatic rings. The summed E-state index contributed by atoms with van der Waals surface area (Å²) in [6.07, 6.45) is 2.52. The van der Waals surface area contributed by atoms with Crippen LogP contribution in [0.4, 0.5) is 0 Å². The summed E-state index contributed by atoms with van der Waals surface area (Å²) in [5, 5.41) is -0.292. The Morgan fingerprint density at radius 1 is 1.60 bits per heavy atom. The monoisotopic (exact) mass is 160 g/mol. The number of carbonyl (C=O) groups is 2. The molecule has 0 N–H and O–H groups in total. The summed E-state index contributed by atoms with van der Waals surface area (Å²) in [7, 11) is 0. The van der Waals surface area contributed by atoms with Crippen molar-refractivity contribution in [2.45, 2.75) is 25.7 Å². The first-order valence-electron chi connectivity index (χ1n) is 3.38. The Balaban J connectivity index is 2.05. The van der Waals surface area contributed by atoms with Gasteiger partial charge in [-0.05, 0) is 23.9 Å². The van der Waals surface area contributed by atoms with Crippen molar-refractivity contribution in [1.82, 2.24) is 0 Å². The average Bonchev–Trinajstić information content (AvgIpc) is 1.77. The first kappa shape index (κ1) is 7.73. The Labute approximate surface area is 64.5 Å². The number of Topliss-reactive ketones (excluding diaryl/α,β-unsaturated/α-hetero) is 1. The second-order valence-electron chi connectivity index (χ2n) is 2.71. The molecule has 1 saturated carbocycles. The number of carbonyl (C=O) groups excluding carboxylic acids is 2. The van der Waals surface area contributed by atoms with E-state index in [0.29, 0.717) is 31.0 Å². The van der Waals surface area contributed by atoms with Gasteiger partial charge in [0.25, 0.3) is 0 Å². The second kappa shape index (κ2) is 3.15. The van der Waals surface area contributed by atoms with E-state index in [2.05, 4.69) is 0 Å². The van der Waals surface area contributed by atoms with Gasteiger partial charge in [0, 0.05) is 19.3 Å². The summed E-state index contributed by atoms with van der Waals surface area (Å²) >= 11 is 5.12. The summed E-state index contributed by atoms with van der Waals surface area (Å²) in [6.45, 7) is 0. The fourth-order valence-electron chi connectivity index (χ4n) is 1.11. The fourth-order valence-corrected chi connectivity index (χ4v) is 1.22. The summed E-state index contributed by atoms with van der Waals surface area (Å²) in [5.74, 6) is 0.752. The highest BCUT2D eigenvalue weighted by Gasteiger charge is 2.26. The van der Waals surface area contributed by atoms with E-state index < -0.39 is 0 Å². The molecule has 0 atom stereocenters. The second-order valence-corrected chi connectivity index (χ2v) is 3.13. The lowest BCUT2D eigenvalue weighted by atomic mass is 9.81. The maximum absolute atomic E-state index is 10.4. The van der Waals surface area contributed by atoms with Crippen molar-refractivity contribution in [1.29, 1.82) is 0 Å². The topological polar surface area (TPSA) is 34.1 Å². The van der Waals surface area contributed by atoms with Crippen LogP contribution in [0, 0.1) is 5.92 Å². The Bertz CT molecular complexity index is 157. The minimum atomic E-state index is -0.292. The van der Waals surface area contributed by atoms with Gasteiger partial charge in [-0.25, -0.2) is 0 Å². The summed E-state index contributed by atoms with van der Waals surface area (Å²) in [5.41, 5.74) is 0.